The average molecular weight is 451 g/mol. The number of rotatable bonds is 8. The van der Waals surface area contributed by atoms with Crippen molar-refractivity contribution in [1.82, 2.24) is 5.32 Å². The van der Waals surface area contributed by atoms with Crippen molar-refractivity contribution in [2.45, 2.75) is 31.9 Å². The molecule has 3 rings (SSSR count). The molecule has 7 nitrogen and oxygen atoms in total. The van der Waals surface area contributed by atoms with Gasteiger partial charge in [0.15, 0.2) is 12.7 Å². The van der Waals surface area contributed by atoms with E-state index in [-0.39, 0.29) is 22.7 Å². The highest BCUT2D eigenvalue weighted by molar-refractivity contribution is 6.35. The molecule has 1 fully saturated rings. The van der Waals surface area contributed by atoms with Crippen LogP contribution in [0, 0.1) is 0 Å². The number of ether oxygens (including phenoxy) is 2. The summed E-state index contributed by atoms with van der Waals surface area (Å²) >= 11 is 11.8. The molecule has 1 aliphatic carbocycles. The molecular weight excluding hydrogens is 431 g/mol. The molecule has 30 heavy (non-hydrogen) atoms. The topological polar surface area (TPSA) is 93.7 Å². The number of anilines is 1. The molecular formula is C21H20Cl2N2O5. The average Bonchev–Trinajstić information content (AvgIpc) is 3.52. The molecule has 0 bridgehead atoms. The molecule has 0 radical (unpaired) electrons. The van der Waals surface area contributed by atoms with Gasteiger partial charge in [0.1, 0.15) is 5.75 Å². The molecule has 1 saturated carbocycles. The lowest BCUT2D eigenvalue weighted by Gasteiger charge is -2.15. The second-order valence-electron chi connectivity index (χ2n) is 6.78. The molecule has 1 atom stereocenters. The number of hydrogen-bond donors (Lipinski definition) is 2. The molecule has 2 aromatic rings. The van der Waals surface area contributed by atoms with Crippen molar-refractivity contribution in [3.05, 3.63) is 58.1 Å². The maximum absolute atomic E-state index is 12.3. The minimum atomic E-state index is -0.993. The SMILES string of the molecule is C[C@@H](Oc1ccc(Cl)cc1Cl)C(=O)OCC(=O)Nc1ccccc1C(=O)NC1CC1. The van der Waals surface area contributed by atoms with E-state index < -0.39 is 24.6 Å². The Balaban J connectivity index is 1.51. The van der Waals surface area contributed by atoms with Crippen LogP contribution in [-0.4, -0.2) is 36.5 Å². The lowest BCUT2D eigenvalue weighted by Crippen LogP contribution is -2.30. The van der Waals surface area contributed by atoms with Gasteiger partial charge in [-0.3, -0.25) is 9.59 Å². The lowest BCUT2D eigenvalue weighted by atomic mass is 10.1. The molecule has 9 heteroatoms. The molecule has 0 spiro atoms. The van der Waals surface area contributed by atoms with E-state index >= 15 is 0 Å². The van der Waals surface area contributed by atoms with E-state index in [1.54, 1.807) is 30.3 Å². The zero-order chi connectivity index (χ0) is 21.7. The zero-order valence-corrected chi connectivity index (χ0v) is 17.6. The minimum absolute atomic E-state index is 0.192. The van der Waals surface area contributed by atoms with E-state index in [2.05, 4.69) is 10.6 Å². The molecule has 0 aliphatic heterocycles. The number of carbonyl (C=O) groups is 3. The Bertz CT molecular complexity index is 962. The Morgan fingerprint density at radius 1 is 1.13 bits per heavy atom. The van der Waals surface area contributed by atoms with Crippen LogP contribution in [0.1, 0.15) is 30.1 Å². The van der Waals surface area contributed by atoms with Crippen molar-refractivity contribution in [1.29, 1.82) is 0 Å². The first-order chi connectivity index (χ1) is 14.3. The van der Waals surface area contributed by atoms with Crippen LogP contribution in [0.4, 0.5) is 5.69 Å². The van der Waals surface area contributed by atoms with Crippen molar-refractivity contribution in [3.63, 3.8) is 0 Å². The highest BCUT2D eigenvalue weighted by Crippen LogP contribution is 2.28. The van der Waals surface area contributed by atoms with Gasteiger partial charge in [0.2, 0.25) is 0 Å². The second-order valence-corrected chi connectivity index (χ2v) is 7.63. The highest BCUT2D eigenvalue weighted by Gasteiger charge is 2.25. The first-order valence-electron chi connectivity index (χ1n) is 9.31. The molecule has 2 aromatic carbocycles. The number of esters is 1. The first kappa shape index (κ1) is 21.9. The van der Waals surface area contributed by atoms with Gasteiger partial charge >= 0.3 is 5.97 Å². The van der Waals surface area contributed by atoms with Crippen LogP contribution in [-0.2, 0) is 14.3 Å². The Kier molecular flexibility index (Phi) is 7.18. The summed E-state index contributed by atoms with van der Waals surface area (Å²) in [5.41, 5.74) is 0.687. The van der Waals surface area contributed by atoms with Crippen LogP contribution in [0.5, 0.6) is 5.75 Å². The van der Waals surface area contributed by atoms with Crippen molar-refractivity contribution >= 4 is 46.7 Å². The van der Waals surface area contributed by atoms with E-state index in [0.29, 0.717) is 16.3 Å². The summed E-state index contributed by atoms with van der Waals surface area (Å²) in [4.78, 5) is 36.6. The number of halogens is 2. The Morgan fingerprint density at radius 3 is 2.57 bits per heavy atom. The van der Waals surface area contributed by atoms with Gasteiger partial charge in [0, 0.05) is 11.1 Å². The van der Waals surface area contributed by atoms with E-state index in [0.717, 1.165) is 12.8 Å². The van der Waals surface area contributed by atoms with Gasteiger partial charge in [-0.05, 0) is 50.1 Å². The van der Waals surface area contributed by atoms with Crippen molar-refractivity contribution in [2.75, 3.05) is 11.9 Å². The van der Waals surface area contributed by atoms with E-state index in [1.165, 1.54) is 19.1 Å². The largest absolute Gasteiger partial charge is 0.477 e. The number of hydrogen-bond acceptors (Lipinski definition) is 5. The summed E-state index contributed by atoms with van der Waals surface area (Å²) in [6, 6.07) is 11.4. The van der Waals surface area contributed by atoms with Crippen LogP contribution in [0.2, 0.25) is 10.0 Å². The Hall–Kier alpha value is -2.77. The normalized spacial score (nSPS) is 13.8. The van der Waals surface area contributed by atoms with E-state index in [4.69, 9.17) is 32.7 Å². The van der Waals surface area contributed by atoms with Gasteiger partial charge in [-0.15, -0.1) is 0 Å². The third kappa shape index (κ3) is 6.11. The fraction of sp³-hybridized carbons (Fsp3) is 0.286. The Labute approximate surface area is 183 Å². The summed E-state index contributed by atoms with van der Waals surface area (Å²) < 4.78 is 10.5. The zero-order valence-electron chi connectivity index (χ0n) is 16.1. The van der Waals surface area contributed by atoms with Gasteiger partial charge in [0.05, 0.1) is 16.3 Å². The number of benzene rings is 2. The standard InChI is InChI=1S/C21H20Cl2N2O5/c1-12(30-18-9-6-13(22)10-16(18)23)21(28)29-11-19(26)25-17-5-3-2-4-15(17)20(27)24-14-7-8-14/h2-6,9-10,12,14H,7-8,11H2,1H3,(H,24,27)(H,25,26)/t12-/m1/s1. The summed E-state index contributed by atoms with van der Waals surface area (Å²) in [5, 5.41) is 6.15. The van der Waals surface area contributed by atoms with Gasteiger partial charge in [-0.1, -0.05) is 35.3 Å². The predicted octanol–water partition coefficient (Wildman–Crippen LogP) is 3.83. The van der Waals surface area contributed by atoms with Gasteiger partial charge in [-0.2, -0.15) is 0 Å². The Morgan fingerprint density at radius 2 is 1.87 bits per heavy atom. The van der Waals surface area contributed by atoms with E-state index in [1.807, 2.05) is 0 Å². The minimum Gasteiger partial charge on any atom is -0.477 e. The summed E-state index contributed by atoms with van der Waals surface area (Å²) in [6.07, 6.45) is 0.920. The molecule has 158 valence electrons. The van der Waals surface area contributed by atoms with Crippen LogP contribution in [0.3, 0.4) is 0 Å². The maximum atomic E-state index is 12.3. The molecule has 1 aliphatic rings. The second kappa shape index (κ2) is 9.82. The van der Waals surface area contributed by atoms with Crippen molar-refractivity contribution < 1.29 is 23.9 Å². The number of amides is 2. The summed E-state index contributed by atoms with van der Waals surface area (Å²) in [7, 11) is 0. The number of nitrogens with one attached hydrogen (secondary N) is 2. The van der Waals surface area contributed by atoms with Gasteiger partial charge in [-0.25, -0.2) is 4.79 Å². The van der Waals surface area contributed by atoms with E-state index in [9.17, 15) is 14.4 Å². The molecule has 0 heterocycles. The third-order valence-electron chi connectivity index (χ3n) is 4.23. The summed E-state index contributed by atoms with van der Waals surface area (Å²) in [5.74, 6) is -1.31. The van der Waals surface area contributed by atoms with Gasteiger partial charge < -0.3 is 20.1 Å². The molecule has 2 amide bonds. The quantitative estimate of drug-likeness (QED) is 0.595. The monoisotopic (exact) mass is 450 g/mol. The van der Waals surface area contributed by atoms with Crippen LogP contribution >= 0.6 is 23.2 Å². The van der Waals surface area contributed by atoms with Crippen molar-refractivity contribution in [2.24, 2.45) is 0 Å². The van der Waals surface area contributed by atoms with Crippen LogP contribution < -0.4 is 15.4 Å². The molecule has 2 N–H and O–H groups in total. The fourth-order valence-electron chi connectivity index (χ4n) is 2.53. The first-order valence-corrected chi connectivity index (χ1v) is 10.1. The highest BCUT2D eigenvalue weighted by atomic mass is 35.5. The van der Waals surface area contributed by atoms with Crippen LogP contribution in [0.15, 0.2) is 42.5 Å². The number of carbonyl (C=O) groups excluding carboxylic acids is 3. The summed E-state index contributed by atoms with van der Waals surface area (Å²) in [6.45, 7) is 0.947. The van der Waals surface area contributed by atoms with Crippen molar-refractivity contribution in [3.8, 4) is 5.75 Å². The molecule has 0 unspecified atom stereocenters. The van der Waals surface area contributed by atoms with Gasteiger partial charge in [0.25, 0.3) is 11.8 Å². The lowest BCUT2D eigenvalue weighted by molar-refractivity contribution is -0.153. The maximum Gasteiger partial charge on any atom is 0.347 e. The molecule has 0 aromatic heterocycles. The smallest absolute Gasteiger partial charge is 0.347 e. The number of para-hydroxylation sites is 1. The predicted molar refractivity (Wildman–Crippen MR) is 113 cm³/mol. The third-order valence-corrected chi connectivity index (χ3v) is 4.76. The molecule has 0 saturated heterocycles. The van der Waals surface area contributed by atoms with Crippen LogP contribution in [0.25, 0.3) is 0 Å². The fourth-order valence-corrected chi connectivity index (χ4v) is 2.98.